The highest BCUT2D eigenvalue weighted by molar-refractivity contribution is 6.01. The Morgan fingerprint density at radius 1 is 1.29 bits per heavy atom. The molecule has 1 fully saturated rings. The first-order valence-electron chi connectivity index (χ1n) is 8.43. The molecule has 146 valence electrons. The van der Waals surface area contributed by atoms with Crippen molar-refractivity contribution in [1.29, 1.82) is 0 Å². The molecule has 0 bridgehead atoms. The van der Waals surface area contributed by atoms with E-state index < -0.39 is 35.1 Å². The maximum Gasteiger partial charge on any atom is 0.416 e. The van der Waals surface area contributed by atoms with Gasteiger partial charge in [0.05, 0.1) is 5.56 Å². The highest BCUT2D eigenvalue weighted by atomic mass is 19.4. The summed E-state index contributed by atoms with van der Waals surface area (Å²) in [5, 5.41) is 2.42. The Morgan fingerprint density at radius 2 is 1.96 bits per heavy atom. The van der Waals surface area contributed by atoms with Gasteiger partial charge in [0.1, 0.15) is 12.7 Å². The third-order valence-corrected chi connectivity index (χ3v) is 5.01. The number of carbonyl (C=O) groups is 2. The van der Waals surface area contributed by atoms with Gasteiger partial charge in [-0.15, -0.1) is 0 Å². The lowest BCUT2D eigenvalue weighted by Gasteiger charge is -2.34. The number of hydrogen-bond acceptors (Lipinski definition) is 4. The van der Waals surface area contributed by atoms with Crippen molar-refractivity contribution in [3.63, 3.8) is 0 Å². The zero-order valence-electron chi connectivity index (χ0n) is 14.3. The van der Waals surface area contributed by atoms with Crippen LogP contribution in [-0.4, -0.2) is 45.9 Å². The molecule has 4 rings (SSSR count). The van der Waals surface area contributed by atoms with E-state index in [4.69, 9.17) is 0 Å². The van der Waals surface area contributed by atoms with E-state index >= 15 is 0 Å². The summed E-state index contributed by atoms with van der Waals surface area (Å²) in [6.07, 6.45) is -3.10. The number of benzene rings is 1. The summed E-state index contributed by atoms with van der Waals surface area (Å²) in [6.45, 7) is -0.545. The second-order valence-electron chi connectivity index (χ2n) is 6.87. The average Bonchev–Trinajstić information content (AvgIpc) is 3.29. The third kappa shape index (κ3) is 3.08. The van der Waals surface area contributed by atoms with Gasteiger partial charge in [-0.3, -0.25) is 14.9 Å². The van der Waals surface area contributed by atoms with Crippen LogP contribution in [0.15, 0.2) is 36.7 Å². The van der Waals surface area contributed by atoms with Crippen LogP contribution in [0, 0.1) is 0 Å². The molecule has 1 aliphatic heterocycles. The van der Waals surface area contributed by atoms with Gasteiger partial charge in [0.15, 0.2) is 0 Å². The van der Waals surface area contributed by atoms with Gasteiger partial charge in [-0.1, -0.05) is 0 Å². The van der Waals surface area contributed by atoms with Gasteiger partial charge < -0.3 is 4.90 Å². The Bertz CT molecular complexity index is 950. The predicted octanol–water partition coefficient (Wildman–Crippen LogP) is 2.57. The molecule has 1 aromatic carbocycles. The molecule has 10 heteroatoms. The van der Waals surface area contributed by atoms with Crippen molar-refractivity contribution in [3.05, 3.63) is 53.3 Å². The van der Waals surface area contributed by atoms with E-state index in [-0.39, 0.29) is 36.6 Å². The number of nitrogens with zero attached hydrogens (tertiary/aromatic N) is 3. The van der Waals surface area contributed by atoms with Crippen molar-refractivity contribution in [2.24, 2.45) is 0 Å². The van der Waals surface area contributed by atoms with Gasteiger partial charge in [-0.2, -0.15) is 13.2 Å². The number of hydrogen-bond donors (Lipinski definition) is 1. The Balaban J connectivity index is 1.60. The standard InChI is InChI=1S/C18H14F4N4O2/c19-13-7-17(13)9-26(8-14(27)25-16-23-4-1-5-24-16)15(28)11-3-2-10(6-12(11)17)18(20,21)22/h1-6,13H,7-9H2,(H,23,24,25,27)/t13-,17+/m0/s1. The minimum absolute atomic E-state index is 0.00844. The van der Waals surface area contributed by atoms with Gasteiger partial charge in [0.25, 0.3) is 5.91 Å². The van der Waals surface area contributed by atoms with Crippen molar-refractivity contribution in [1.82, 2.24) is 14.9 Å². The van der Waals surface area contributed by atoms with Crippen molar-refractivity contribution >= 4 is 17.8 Å². The van der Waals surface area contributed by atoms with Crippen LogP contribution in [0.2, 0.25) is 0 Å². The van der Waals surface area contributed by atoms with Crippen molar-refractivity contribution in [2.75, 3.05) is 18.4 Å². The molecule has 2 amide bonds. The van der Waals surface area contributed by atoms with Crippen LogP contribution in [0.1, 0.15) is 27.9 Å². The van der Waals surface area contributed by atoms with Gasteiger partial charge in [0.2, 0.25) is 11.9 Å². The summed E-state index contributed by atoms with van der Waals surface area (Å²) in [6, 6.07) is 4.26. The number of anilines is 1. The molecule has 6 nitrogen and oxygen atoms in total. The maximum atomic E-state index is 14.2. The molecule has 2 aromatic rings. The SMILES string of the molecule is O=C(CN1C[C@]2(C[C@@H]2F)c2cc(C(F)(F)F)ccc2C1=O)Nc1ncccn1. The molecule has 0 saturated heterocycles. The molecule has 1 aliphatic carbocycles. The zero-order chi connectivity index (χ0) is 20.1. The first-order valence-corrected chi connectivity index (χ1v) is 8.43. The largest absolute Gasteiger partial charge is 0.416 e. The van der Waals surface area contributed by atoms with Crippen LogP contribution in [0.3, 0.4) is 0 Å². The van der Waals surface area contributed by atoms with Crippen molar-refractivity contribution in [3.8, 4) is 0 Å². The first-order chi connectivity index (χ1) is 13.2. The fourth-order valence-electron chi connectivity index (χ4n) is 3.52. The van der Waals surface area contributed by atoms with Gasteiger partial charge in [0, 0.05) is 29.9 Å². The van der Waals surface area contributed by atoms with Crippen LogP contribution < -0.4 is 5.32 Å². The molecule has 2 heterocycles. The van der Waals surface area contributed by atoms with Gasteiger partial charge >= 0.3 is 6.18 Å². The molecule has 28 heavy (non-hydrogen) atoms. The Morgan fingerprint density at radius 3 is 2.57 bits per heavy atom. The van der Waals surface area contributed by atoms with Crippen LogP contribution >= 0.6 is 0 Å². The monoisotopic (exact) mass is 394 g/mol. The highest BCUT2D eigenvalue weighted by Crippen LogP contribution is 2.55. The Kier molecular flexibility index (Phi) is 4.09. The summed E-state index contributed by atoms with van der Waals surface area (Å²) in [4.78, 5) is 33.7. The number of nitrogens with one attached hydrogen (secondary N) is 1. The minimum Gasteiger partial charge on any atom is -0.328 e. The van der Waals surface area contributed by atoms with Crippen LogP contribution in [0.5, 0.6) is 0 Å². The fourth-order valence-corrected chi connectivity index (χ4v) is 3.52. The average molecular weight is 394 g/mol. The van der Waals surface area contributed by atoms with E-state index in [0.717, 1.165) is 23.1 Å². The molecule has 2 atom stereocenters. The number of fused-ring (bicyclic) bond motifs is 2. The number of halogens is 4. The molecular formula is C18H14F4N4O2. The summed E-state index contributed by atoms with van der Waals surface area (Å²) in [5.41, 5.74) is -2.08. The molecule has 0 unspecified atom stereocenters. The number of rotatable bonds is 3. The van der Waals surface area contributed by atoms with E-state index in [1.807, 2.05) is 0 Å². The summed E-state index contributed by atoms with van der Waals surface area (Å²) >= 11 is 0. The lowest BCUT2D eigenvalue weighted by atomic mass is 9.85. The molecule has 1 spiro atoms. The zero-order valence-corrected chi connectivity index (χ0v) is 14.3. The fraction of sp³-hybridized carbons (Fsp3) is 0.333. The highest BCUT2D eigenvalue weighted by Gasteiger charge is 2.61. The number of alkyl halides is 4. The molecule has 1 aromatic heterocycles. The van der Waals surface area contributed by atoms with Gasteiger partial charge in [-0.25, -0.2) is 14.4 Å². The number of amides is 2. The normalized spacial score (nSPS) is 23.5. The second-order valence-corrected chi connectivity index (χ2v) is 6.87. The van der Waals surface area contributed by atoms with Crippen LogP contribution in [0.25, 0.3) is 0 Å². The molecular weight excluding hydrogens is 380 g/mol. The van der Waals surface area contributed by atoms with Crippen molar-refractivity contribution < 1.29 is 27.2 Å². The lowest BCUT2D eigenvalue weighted by molar-refractivity contribution is -0.137. The van der Waals surface area contributed by atoms with Crippen molar-refractivity contribution in [2.45, 2.75) is 24.2 Å². The van der Waals surface area contributed by atoms with E-state index in [0.29, 0.717) is 0 Å². The number of aromatic nitrogens is 2. The number of carbonyl (C=O) groups excluding carboxylic acids is 2. The van der Waals surface area contributed by atoms with Gasteiger partial charge in [-0.05, 0) is 36.2 Å². The quantitative estimate of drug-likeness (QED) is 0.812. The Hall–Kier alpha value is -3.04. The van der Waals surface area contributed by atoms with E-state index in [1.165, 1.54) is 12.4 Å². The third-order valence-electron chi connectivity index (χ3n) is 5.01. The van der Waals surface area contributed by atoms with Crippen LogP contribution in [-0.2, 0) is 16.4 Å². The van der Waals surface area contributed by atoms with Crippen LogP contribution in [0.4, 0.5) is 23.5 Å². The van der Waals surface area contributed by atoms with E-state index in [1.54, 1.807) is 6.07 Å². The summed E-state index contributed by atoms with van der Waals surface area (Å²) in [5.74, 6) is -1.14. The van der Waals surface area contributed by atoms with E-state index in [2.05, 4.69) is 15.3 Å². The lowest BCUT2D eigenvalue weighted by Crippen LogP contribution is -2.47. The molecule has 2 aliphatic rings. The first kappa shape index (κ1) is 18.3. The summed E-state index contributed by atoms with van der Waals surface area (Å²) < 4.78 is 53.3. The predicted molar refractivity (Wildman–Crippen MR) is 89.2 cm³/mol. The molecule has 0 radical (unpaired) electrons. The second kappa shape index (κ2) is 6.25. The smallest absolute Gasteiger partial charge is 0.328 e. The molecule has 1 N–H and O–H groups in total. The maximum absolute atomic E-state index is 14.2. The minimum atomic E-state index is -4.59. The topological polar surface area (TPSA) is 75.2 Å². The van der Waals surface area contributed by atoms with E-state index in [9.17, 15) is 27.2 Å². The Labute approximate surface area is 156 Å². The molecule has 1 saturated carbocycles. The summed E-state index contributed by atoms with van der Waals surface area (Å²) in [7, 11) is 0.